The summed E-state index contributed by atoms with van der Waals surface area (Å²) in [7, 11) is -4.89. The van der Waals surface area contributed by atoms with Crippen molar-refractivity contribution in [3.05, 3.63) is 102 Å². The molecule has 0 spiro atoms. The Morgan fingerprint density at radius 1 is 0.860 bits per heavy atom. The van der Waals surface area contributed by atoms with E-state index in [1.54, 1.807) is 6.92 Å². The van der Waals surface area contributed by atoms with E-state index in [9.17, 15) is 28.8 Å². The Kier molecular flexibility index (Phi) is 14.9. The van der Waals surface area contributed by atoms with Crippen molar-refractivity contribution in [1.29, 1.82) is 10.5 Å². The molecule has 50 heavy (non-hydrogen) atoms. The van der Waals surface area contributed by atoms with Crippen LogP contribution in [-0.4, -0.2) is 18.0 Å². The van der Waals surface area contributed by atoms with Crippen molar-refractivity contribution < 1.29 is 65.3 Å². The summed E-state index contributed by atoms with van der Waals surface area (Å²) in [5.74, 6) is 0.598. The smallest absolute Gasteiger partial charge is 0.744 e. The zero-order chi connectivity index (χ0) is 34.1. The molecule has 5 rings (SSSR count). The zero-order valence-corrected chi connectivity index (χ0v) is 28.8. The van der Waals surface area contributed by atoms with Gasteiger partial charge < -0.3 is 20.4 Å². The number of hydrogen-bond donors (Lipinski definition) is 2. The number of azo groups is 2. The third-order valence-electron chi connectivity index (χ3n) is 6.24. The summed E-state index contributed by atoms with van der Waals surface area (Å²) in [6.45, 7) is 1.71. The van der Waals surface area contributed by atoms with Crippen LogP contribution >= 0.6 is 23.4 Å². The van der Waals surface area contributed by atoms with E-state index in [2.05, 4.69) is 51.5 Å². The fourth-order valence-electron chi connectivity index (χ4n) is 4.08. The summed E-state index contributed by atoms with van der Waals surface area (Å²) in [6, 6.07) is 27.3. The van der Waals surface area contributed by atoms with Crippen LogP contribution in [-0.2, 0) is 19.5 Å². The molecule has 0 bridgehead atoms. The van der Waals surface area contributed by atoms with Gasteiger partial charge in [0.2, 0.25) is 0 Å². The Bertz CT molecular complexity index is 2210. The second kappa shape index (κ2) is 18.6. The number of thiophene rings is 1. The second-order valence-corrected chi connectivity index (χ2v) is 12.6. The molecule has 3 aromatic carbocycles. The third-order valence-corrected chi connectivity index (χ3v) is 8.50. The summed E-state index contributed by atoms with van der Waals surface area (Å²) in [6.07, 6.45) is 0. The van der Waals surface area contributed by atoms with Crippen LogP contribution in [0.2, 0.25) is 0 Å². The topological polar surface area (TPSA) is 233 Å². The van der Waals surface area contributed by atoms with Crippen LogP contribution < -0.4 is 53.6 Å². The molecule has 0 aliphatic heterocycles. The van der Waals surface area contributed by atoms with E-state index >= 15 is 0 Å². The van der Waals surface area contributed by atoms with Gasteiger partial charge in [0.05, 0.1) is 33.8 Å². The van der Waals surface area contributed by atoms with Gasteiger partial charge in [-0.3, -0.25) is 5.04 Å². The van der Waals surface area contributed by atoms with Gasteiger partial charge in [-0.1, -0.05) is 47.7 Å². The van der Waals surface area contributed by atoms with Crippen LogP contribution in [0, 0.1) is 29.6 Å². The van der Waals surface area contributed by atoms with Crippen LogP contribution in [0.1, 0.15) is 16.7 Å². The van der Waals surface area contributed by atoms with Crippen molar-refractivity contribution in [3.8, 4) is 12.1 Å². The predicted octanol–water partition coefficient (Wildman–Crippen LogP) is 1.66. The molecule has 0 radical (unpaired) electrons. The quantitative estimate of drug-likeness (QED) is 0.0470. The molecule has 0 unspecified atom stereocenters. The summed E-state index contributed by atoms with van der Waals surface area (Å²) in [5.41, 5.74) is 2.43. The second-order valence-electron chi connectivity index (χ2n) is 9.40. The van der Waals surface area contributed by atoms with E-state index in [-0.39, 0.29) is 75.1 Å². The normalized spacial score (nSPS) is 11.0. The molecule has 0 amide bonds. The van der Waals surface area contributed by atoms with Crippen LogP contribution in [0.15, 0.2) is 115 Å². The van der Waals surface area contributed by atoms with Gasteiger partial charge in [-0.15, -0.1) is 20.5 Å². The molecule has 2 N–H and O–H groups in total. The average molecular weight is 712 g/mol. The van der Waals surface area contributed by atoms with Gasteiger partial charge in [0, 0.05) is 21.8 Å². The number of nitrogens with one attached hydrogen (secondary N) is 2. The molecule has 0 atom stereocenters. The first kappa shape index (κ1) is 40.1. The van der Waals surface area contributed by atoms with Gasteiger partial charge in [0.15, 0.2) is 16.6 Å². The van der Waals surface area contributed by atoms with Crippen LogP contribution in [0.25, 0.3) is 0 Å². The fourth-order valence-corrected chi connectivity index (χ4v) is 5.90. The molecule has 0 aliphatic carbocycles. The fraction of sp³-hybridized carbons (Fsp3) is 0.0333. The molecule has 2 aromatic heterocycles. The van der Waals surface area contributed by atoms with E-state index in [0.717, 1.165) is 29.2 Å². The Labute approximate surface area is 318 Å². The van der Waals surface area contributed by atoms with Gasteiger partial charge in [-0.25, -0.2) is 13.4 Å². The summed E-state index contributed by atoms with van der Waals surface area (Å²) >= 11 is 1.31. The molecule has 0 saturated heterocycles. The maximum atomic E-state index is 11.6. The maximum Gasteiger partial charge on any atom is 1.00 e. The molecular formula is C30H19Li2N9O6S3. The van der Waals surface area contributed by atoms with E-state index in [0.29, 0.717) is 34.9 Å². The number of nitriles is 2. The van der Waals surface area contributed by atoms with Crippen molar-refractivity contribution in [2.24, 2.45) is 20.5 Å². The number of anilines is 4. The minimum absolute atomic E-state index is 0. The number of benzene rings is 3. The van der Waals surface area contributed by atoms with E-state index in [4.69, 9.17) is 0 Å². The SMILES string of the molecule is Cc1c(C#N)c(Nc2ccccc2)nc(Nc2ccccc2)c1N=Nc1sc(N=Nc2cc(SOO[O-])cc(S(=O)(=O)[O-])c2)cc1C#N.[Li+].[Li+]. The van der Waals surface area contributed by atoms with Crippen LogP contribution in [0.4, 0.5) is 44.4 Å². The monoisotopic (exact) mass is 711 g/mol. The molecule has 5 aromatic rings. The predicted molar refractivity (Wildman–Crippen MR) is 173 cm³/mol. The largest absolute Gasteiger partial charge is 1.00 e. The minimum atomic E-state index is -4.89. The molecule has 15 nitrogen and oxygen atoms in total. The number of rotatable bonds is 12. The number of nitrogens with zero attached hydrogens (tertiary/aromatic N) is 7. The van der Waals surface area contributed by atoms with Gasteiger partial charge in [0.1, 0.15) is 32.9 Å². The van der Waals surface area contributed by atoms with Gasteiger partial charge in [-0.2, -0.15) is 14.9 Å². The number of pyridine rings is 1. The van der Waals surface area contributed by atoms with Gasteiger partial charge in [-0.05, 0) is 55.5 Å². The number of aromatic nitrogens is 1. The molecule has 2 heterocycles. The van der Waals surface area contributed by atoms with Crippen molar-refractivity contribution >= 4 is 77.9 Å². The maximum absolute atomic E-state index is 11.6. The molecule has 0 saturated carbocycles. The van der Waals surface area contributed by atoms with Crippen molar-refractivity contribution in [2.75, 3.05) is 10.6 Å². The molecule has 0 fully saturated rings. The first-order valence-electron chi connectivity index (χ1n) is 13.4. The Hall–Kier alpha value is -4.38. The van der Waals surface area contributed by atoms with Crippen LogP contribution in [0.3, 0.4) is 0 Å². The Morgan fingerprint density at radius 2 is 1.50 bits per heavy atom. The Morgan fingerprint density at radius 3 is 2.08 bits per heavy atom. The van der Waals surface area contributed by atoms with Crippen molar-refractivity contribution in [2.45, 2.75) is 16.7 Å². The molecule has 20 heteroatoms. The van der Waals surface area contributed by atoms with E-state index in [1.165, 1.54) is 12.1 Å². The van der Waals surface area contributed by atoms with Gasteiger partial charge in [0.25, 0.3) is 0 Å². The number of hydrogen-bond acceptors (Lipinski definition) is 17. The van der Waals surface area contributed by atoms with Crippen molar-refractivity contribution in [3.63, 3.8) is 0 Å². The average Bonchev–Trinajstić information content (AvgIpc) is 3.49. The molecule has 0 aliphatic rings. The Balaban J connectivity index is 0.00000338. The number of para-hydroxylation sites is 2. The summed E-state index contributed by atoms with van der Waals surface area (Å²) in [4.78, 5) is 4.06. The molecule has 240 valence electrons. The molecular weight excluding hydrogens is 692 g/mol. The van der Waals surface area contributed by atoms with E-state index < -0.39 is 15.0 Å². The first-order valence-corrected chi connectivity index (χ1v) is 16.4. The first-order chi connectivity index (χ1) is 23.2. The standard InChI is InChI=1S/C30H21N9O6S3.2Li/c1-18-25(17-32)28(33-20-8-4-2-5-9-20)35-29(34-21-10-6-3-7-11-21)27(18)38-39-30-19(16-31)12-26(46-30)37-36-22-13-23(47-45-44-40)15-24(14-22)48(41,42)43;;/h2-15,40H,1H3,(H2,33,34,35)(H,41,42,43);;/q;2*+1/p-2. The van der Waals surface area contributed by atoms with Crippen molar-refractivity contribution in [1.82, 2.24) is 4.98 Å². The van der Waals surface area contributed by atoms with Gasteiger partial charge >= 0.3 is 37.7 Å². The van der Waals surface area contributed by atoms with Crippen LogP contribution in [0.5, 0.6) is 0 Å². The van der Waals surface area contributed by atoms with E-state index in [1.807, 2.05) is 66.7 Å². The summed E-state index contributed by atoms with van der Waals surface area (Å²) in [5, 5.41) is 56.8. The summed E-state index contributed by atoms with van der Waals surface area (Å²) < 4.78 is 39.0. The third kappa shape index (κ3) is 10.3. The minimum Gasteiger partial charge on any atom is -0.744 e. The zero-order valence-electron chi connectivity index (χ0n) is 26.4.